The van der Waals surface area contributed by atoms with Crippen LogP contribution in [0.3, 0.4) is 0 Å². The summed E-state index contributed by atoms with van der Waals surface area (Å²) in [6.07, 6.45) is 12.5. The molecule has 0 radical (unpaired) electrons. The summed E-state index contributed by atoms with van der Waals surface area (Å²) in [6.45, 7) is 7.30. The third-order valence-corrected chi connectivity index (χ3v) is 11.5. The van der Waals surface area contributed by atoms with Crippen molar-refractivity contribution in [3.63, 3.8) is 0 Å². The molecule has 2 atom stereocenters. The molecule has 2 aliphatic carbocycles. The molecule has 1 aromatic heterocycles. The molecule has 2 N–H and O–H groups in total. The number of hydrogen-bond donors (Lipinski definition) is 2. The lowest BCUT2D eigenvalue weighted by Gasteiger charge is -2.59. The molecular formula is C38H38F3N5O2. The number of fused-ring (bicyclic) bond motifs is 4. The van der Waals surface area contributed by atoms with Crippen molar-refractivity contribution in [2.45, 2.75) is 57.5 Å². The third kappa shape index (κ3) is 4.88. The van der Waals surface area contributed by atoms with Gasteiger partial charge in [-0.2, -0.15) is 9.97 Å². The zero-order chi connectivity index (χ0) is 32.9. The Morgan fingerprint density at radius 3 is 2.48 bits per heavy atom. The second-order valence-electron chi connectivity index (χ2n) is 15.4. The molecule has 4 aromatic rings. The van der Waals surface area contributed by atoms with E-state index in [-0.39, 0.29) is 56.7 Å². The van der Waals surface area contributed by atoms with Gasteiger partial charge in [-0.25, -0.2) is 13.2 Å². The van der Waals surface area contributed by atoms with Crippen molar-refractivity contribution < 1.29 is 23.0 Å². The first-order valence-electron chi connectivity index (χ1n) is 17.1. The summed E-state index contributed by atoms with van der Waals surface area (Å²) in [7, 11) is 0. The molecule has 5 fully saturated rings. The summed E-state index contributed by atoms with van der Waals surface area (Å²) in [5, 5.41) is 14.9. The Morgan fingerprint density at radius 2 is 1.79 bits per heavy atom. The molecule has 5 aliphatic rings. The second kappa shape index (κ2) is 10.7. The van der Waals surface area contributed by atoms with E-state index in [1.54, 1.807) is 0 Å². The average molecular weight is 654 g/mol. The van der Waals surface area contributed by atoms with E-state index in [1.807, 2.05) is 0 Å². The van der Waals surface area contributed by atoms with E-state index in [1.165, 1.54) is 43.2 Å². The van der Waals surface area contributed by atoms with Crippen LogP contribution >= 0.6 is 0 Å². The first kappa shape index (κ1) is 30.0. The molecule has 10 heteroatoms. The van der Waals surface area contributed by atoms with Crippen molar-refractivity contribution >= 4 is 27.5 Å². The molecular weight excluding hydrogens is 615 g/mol. The number of nitrogens with zero attached hydrogens (tertiary/aromatic N) is 4. The van der Waals surface area contributed by atoms with Crippen molar-refractivity contribution in [2.75, 3.05) is 44.2 Å². The van der Waals surface area contributed by atoms with Gasteiger partial charge in [-0.15, -0.1) is 6.42 Å². The highest BCUT2D eigenvalue weighted by Gasteiger charge is 2.54. The molecule has 9 rings (SSSR count). The third-order valence-electron chi connectivity index (χ3n) is 11.5. The van der Waals surface area contributed by atoms with E-state index in [2.05, 4.69) is 32.9 Å². The monoisotopic (exact) mass is 653 g/mol. The Morgan fingerprint density at radius 1 is 1.04 bits per heavy atom. The molecule has 248 valence electrons. The number of piperazine rings is 1. The number of phenolic OH excluding ortho intramolecular Hbond substituents is 1. The largest absolute Gasteiger partial charge is 0.508 e. The summed E-state index contributed by atoms with van der Waals surface area (Å²) >= 11 is 0. The van der Waals surface area contributed by atoms with Crippen LogP contribution in [-0.4, -0.2) is 71.4 Å². The first-order valence-corrected chi connectivity index (χ1v) is 17.1. The number of halogens is 3. The molecule has 4 heterocycles. The van der Waals surface area contributed by atoms with E-state index in [9.17, 15) is 9.50 Å². The van der Waals surface area contributed by atoms with Crippen LogP contribution in [0.15, 0.2) is 30.3 Å². The molecule has 2 unspecified atom stereocenters. The van der Waals surface area contributed by atoms with Gasteiger partial charge in [-0.3, -0.25) is 0 Å². The summed E-state index contributed by atoms with van der Waals surface area (Å²) < 4.78 is 54.4. The van der Waals surface area contributed by atoms with Crippen molar-refractivity contribution in [1.82, 2.24) is 20.2 Å². The van der Waals surface area contributed by atoms with Crippen molar-refractivity contribution in [1.29, 1.82) is 0 Å². The molecule has 1 spiro atoms. The molecule has 7 nitrogen and oxygen atoms in total. The van der Waals surface area contributed by atoms with E-state index in [4.69, 9.17) is 16.1 Å². The van der Waals surface area contributed by atoms with Gasteiger partial charge in [0.1, 0.15) is 28.7 Å². The Balaban J connectivity index is 1.11. The predicted molar refractivity (Wildman–Crippen MR) is 179 cm³/mol. The lowest BCUT2D eigenvalue weighted by molar-refractivity contribution is -0.0982. The molecule has 3 saturated heterocycles. The van der Waals surface area contributed by atoms with Crippen LogP contribution < -0.4 is 15.0 Å². The van der Waals surface area contributed by atoms with Gasteiger partial charge in [0.15, 0.2) is 5.82 Å². The lowest BCUT2D eigenvalue weighted by Crippen LogP contribution is -2.62. The minimum atomic E-state index is -0.947. The summed E-state index contributed by atoms with van der Waals surface area (Å²) in [6, 6.07) is 7.02. The lowest BCUT2D eigenvalue weighted by atomic mass is 9.58. The van der Waals surface area contributed by atoms with Gasteiger partial charge in [-0.1, -0.05) is 18.9 Å². The second-order valence-corrected chi connectivity index (χ2v) is 15.4. The van der Waals surface area contributed by atoms with Crippen LogP contribution in [0.1, 0.15) is 51.0 Å². The standard InChI is InChI=1S/C38H38F3N5O2/c1-3-26-29(39)7-4-22-10-25(47)11-27(31(22)26)32-30(40)12-28-34(33(32)41)43-36(44-35(28)46-15-23-5-6-24(16-46)42-23)48-20-37(8-9-37)17-45-18-38(19-45)13-21(2)14-38/h1,4,7,10-12,21,23-24,42,47H,5-6,8-9,13-20H2,2H3. The van der Waals surface area contributed by atoms with Crippen LogP contribution in [0.4, 0.5) is 19.0 Å². The fraction of sp³-hybridized carbons (Fsp3) is 0.474. The van der Waals surface area contributed by atoms with Crippen molar-refractivity contribution in [3.05, 3.63) is 53.3 Å². The zero-order valence-electron chi connectivity index (χ0n) is 27.0. The smallest absolute Gasteiger partial charge is 0.319 e. The van der Waals surface area contributed by atoms with Crippen LogP contribution in [-0.2, 0) is 0 Å². The Hall–Kier alpha value is -4.07. The van der Waals surface area contributed by atoms with Gasteiger partial charge >= 0.3 is 6.01 Å². The Kier molecular flexibility index (Phi) is 6.70. The van der Waals surface area contributed by atoms with Gasteiger partial charge in [0.25, 0.3) is 0 Å². The minimum Gasteiger partial charge on any atom is -0.508 e. The zero-order valence-corrected chi connectivity index (χ0v) is 27.0. The van der Waals surface area contributed by atoms with Crippen molar-refractivity contribution in [3.8, 4) is 35.2 Å². The van der Waals surface area contributed by atoms with Gasteiger partial charge in [0.05, 0.1) is 17.7 Å². The predicted octanol–water partition coefficient (Wildman–Crippen LogP) is 6.39. The Bertz CT molecular complexity index is 2020. The van der Waals surface area contributed by atoms with E-state index < -0.39 is 23.0 Å². The first-order chi connectivity index (χ1) is 23.1. The summed E-state index contributed by atoms with van der Waals surface area (Å²) in [4.78, 5) is 14.0. The van der Waals surface area contributed by atoms with Gasteiger partial charge in [-0.05, 0) is 79.5 Å². The van der Waals surface area contributed by atoms with Crippen LogP contribution in [0.2, 0.25) is 0 Å². The number of phenols is 1. The molecule has 2 bridgehead atoms. The SMILES string of the molecule is C#Cc1c(F)ccc2cc(O)cc(-c3c(F)cc4c(N5CC6CCC(C5)N6)nc(OCC5(CN6CC7(CC(C)C7)C6)CC5)nc4c3F)c12. The quantitative estimate of drug-likeness (QED) is 0.224. The number of nitrogens with one attached hydrogen (secondary N) is 1. The topological polar surface area (TPSA) is 73.8 Å². The number of hydrogen-bond acceptors (Lipinski definition) is 7. The van der Waals surface area contributed by atoms with Crippen LogP contribution in [0.25, 0.3) is 32.8 Å². The maximum atomic E-state index is 16.9. The highest BCUT2D eigenvalue weighted by atomic mass is 19.1. The number of aromatic hydroxyl groups is 1. The summed E-state index contributed by atoms with van der Waals surface area (Å²) in [5.41, 5.74) is -0.194. The Labute approximate surface area is 277 Å². The molecule has 2 saturated carbocycles. The fourth-order valence-corrected chi connectivity index (χ4v) is 9.35. The number of rotatable bonds is 7. The molecule has 48 heavy (non-hydrogen) atoms. The highest BCUT2D eigenvalue weighted by molar-refractivity contribution is 6.04. The number of aromatic nitrogens is 2. The molecule has 3 aliphatic heterocycles. The van der Waals surface area contributed by atoms with Crippen LogP contribution in [0.5, 0.6) is 11.8 Å². The van der Waals surface area contributed by atoms with Crippen molar-refractivity contribution in [2.24, 2.45) is 16.7 Å². The molecule has 3 aromatic carbocycles. The average Bonchev–Trinajstić information content (AvgIpc) is 3.72. The highest BCUT2D eigenvalue weighted by Crippen LogP contribution is 2.55. The normalized spacial score (nSPS) is 24.1. The minimum absolute atomic E-state index is 0.0201. The van der Waals surface area contributed by atoms with Gasteiger partial charge < -0.3 is 25.0 Å². The number of ether oxygens (including phenoxy) is 1. The molecule has 0 amide bonds. The maximum absolute atomic E-state index is 16.9. The van der Waals surface area contributed by atoms with Crippen LogP contribution in [0, 0.1) is 46.5 Å². The number of benzene rings is 3. The van der Waals surface area contributed by atoms with E-state index in [0.717, 1.165) is 51.2 Å². The van der Waals surface area contributed by atoms with E-state index in [0.29, 0.717) is 36.3 Å². The maximum Gasteiger partial charge on any atom is 0.319 e. The number of likely N-dealkylation sites (tertiary alicyclic amines) is 1. The fourth-order valence-electron chi connectivity index (χ4n) is 9.35. The van der Waals surface area contributed by atoms with Gasteiger partial charge in [0.2, 0.25) is 0 Å². The number of terminal acetylenes is 1. The van der Waals surface area contributed by atoms with Gasteiger partial charge in [0, 0.05) is 66.6 Å². The van der Waals surface area contributed by atoms with E-state index >= 15 is 8.78 Å². The number of anilines is 1. The summed E-state index contributed by atoms with van der Waals surface area (Å²) in [5.74, 6) is 0.826.